The quantitative estimate of drug-likeness (QED) is 0.771. The van der Waals surface area contributed by atoms with E-state index in [0.717, 1.165) is 19.3 Å². The van der Waals surface area contributed by atoms with Gasteiger partial charge in [-0.1, -0.05) is 27.2 Å². The second kappa shape index (κ2) is 5.20. The van der Waals surface area contributed by atoms with Gasteiger partial charge in [0.1, 0.15) is 11.1 Å². The summed E-state index contributed by atoms with van der Waals surface area (Å²) in [7, 11) is 0. The molecule has 0 heterocycles. The van der Waals surface area contributed by atoms with Crippen molar-refractivity contribution in [2.75, 3.05) is 0 Å². The molecule has 3 nitrogen and oxygen atoms in total. The minimum absolute atomic E-state index is 0.222. The highest BCUT2D eigenvalue weighted by molar-refractivity contribution is 5.81. The Kier molecular flexibility index (Phi) is 4.47. The summed E-state index contributed by atoms with van der Waals surface area (Å²) in [6.45, 7) is 12.1. The maximum absolute atomic E-state index is 12.4. The van der Waals surface area contributed by atoms with Crippen LogP contribution in [0.5, 0.6) is 0 Å². The van der Waals surface area contributed by atoms with Crippen LogP contribution in [0.3, 0.4) is 0 Å². The third-order valence-corrected chi connectivity index (χ3v) is 3.90. The van der Waals surface area contributed by atoms with Gasteiger partial charge in [-0.3, -0.25) is 4.79 Å². The van der Waals surface area contributed by atoms with Crippen LogP contribution in [-0.4, -0.2) is 17.1 Å². The van der Waals surface area contributed by atoms with Gasteiger partial charge in [0.2, 0.25) is 0 Å². The van der Waals surface area contributed by atoms with Crippen LogP contribution in [0, 0.1) is 17.8 Å². The lowest BCUT2D eigenvalue weighted by Gasteiger charge is -2.44. The van der Waals surface area contributed by atoms with Gasteiger partial charge in [0.25, 0.3) is 0 Å². The molecule has 0 saturated heterocycles. The largest absolute Gasteiger partial charge is 0.459 e. The molecule has 0 aromatic rings. The van der Waals surface area contributed by atoms with E-state index < -0.39 is 11.1 Å². The molecule has 0 radical (unpaired) electrons. The van der Waals surface area contributed by atoms with E-state index in [1.807, 2.05) is 20.8 Å². The van der Waals surface area contributed by atoms with Crippen molar-refractivity contribution in [1.82, 2.24) is 0 Å². The van der Waals surface area contributed by atoms with Gasteiger partial charge in [-0.25, -0.2) is 0 Å². The molecule has 2 N–H and O–H groups in total. The molecule has 1 saturated carbocycles. The van der Waals surface area contributed by atoms with E-state index in [-0.39, 0.29) is 11.9 Å². The van der Waals surface area contributed by atoms with Crippen molar-refractivity contribution in [3.8, 4) is 0 Å². The molecule has 1 aliphatic carbocycles. The van der Waals surface area contributed by atoms with Crippen LogP contribution < -0.4 is 5.73 Å². The number of carbonyl (C=O) groups is 1. The first kappa shape index (κ1) is 15.5. The van der Waals surface area contributed by atoms with Gasteiger partial charge in [-0.2, -0.15) is 0 Å². The predicted octanol–water partition coefficient (Wildman–Crippen LogP) is 3.12. The Morgan fingerprint density at radius 3 is 2.33 bits per heavy atom. The van der Waals surface area contributed by atoms with Crippen LogP contribution in [-0.2, 0) is 9.53 Å². The van der Waals surface area contributed by atoms with Gasteiger partial charge in [0, 0.05) is 0 Å². The summed E-state index contributed by atoms with van der Waals surface area (Å²) in [5, 5.41) is 0. The first-order chi connectivity index (χ1) is 8.06. The maximum atomic E-state index is 12.4. The van der Waals surface area contributed by atoms with Gasteiger partial charge in [-0.15, -0.1) is 0 Å². The summed E-state index contributed by atoms with van der Waals surface area (Å²) in [5.41, 5.74) is 5.20. The lowest BCUT2D eigenvalue weighted by molar-refractivity contribution is -0.167. The minimum Gasteiger partial charge on any atom is -0.459 e. The van der Waals surface area contributed by atoms with E-state index in [9.17, 15) is 4.79 Å². The smallest absolute Gasteiger partial charge is 0.326 e. The van der Waals surface area contributed by atoms with Crippen LogP contribution in [0.2, 0.25) is 0 Å². The standard InChI is InChI=1S/C15H29NO2/c1-10(2)12-8-7-11(3)9-15(12,16)13(17)18-14(4,5)6/h10-12H,7-9,16H2,1-6H3/t11-,12+,15+/m1/s1. The zero-order valence-corrected chi connectivity index (χ0v) is 12.7. The van der Waals surface area contributed by atoms with Crippen LogP contribution in [0.15, 0.2) is 0 Å². The Morgan fingerprint density at radius 1 is 1.33 bits per heavy atom. The molecule has 0 aliphatic heterocycles. The lowest BCUT2D eigenvalue weighted by Crippen LogP contribution is -2.60. The molecule has 1 aliphatic rings. The van der Waals surface area contributed by atoms with Gasteiger partial charge in [0.15, 0.2) is 0 Å². The first-order valence-corrected chi connectivity index (χ1v) is 7.08. The average Bonchev–Trinajstić information content (AvgIpc) is 2.13. The molecule has 0 unspecified atom stereocenters. The number of hydrogen-bond acceptors (Lipinski definition) is 3. The molecule has 0 bridgehead atoms. The number of rotatable bonds is 2. The number of nitrogens with two attached hydrogens (primary N) is 1. The Labute approximate surface area is 111 Å². The topological polar surface area (TPSA) is 52.3 Å². The van der Waals surface area contributed by atoms with Crippen molar-refractivity contribution in [3.63, 3.8) is 0 Å². The van der Waals surface area contributed by atoms with Crippen LogP contribution >= 0.6 is 0 Å². The Morgan fingerprint density at radius 2 is 1.89 bits per heavy atom. The fourth-order valence-corrected chi connectivity index (χ4v) is 3.09. The number of hydrogen-bond donors (Lipinski definition) is 1. The molecule has 0 aromatic heterocycles. The van der Waals surface area contributed by atoms with Crippen molar-refractivity contribution in [2.45, 2.75) is 71.9 Å². The molecule has 1 rings (SSSR count). The summed E-state index contributed by atoms with van der Waals surface area (Å²) in [5.74, 6) is 0.913. The number of carbonyl (C=O) groups excluding carboxylic acids is 1. The highest BCUT2D eigenvalue weighted by Gasteiger charge is 2.48. The summed E-state index contributed by atoms with van der Waals surface area (Å²) >= 11 is 0. The van der Waals surface area contributed by atoms with Gasteiger partial charge in [-0.05, 0) is 51.4 Å². The third-order valence-electron chi connectivity index (χ3n) is 3.90. The molecule has 1 fully saturated rings. The zero-order chi connectivity index (χ0) is 14.1. The minimum atomic E-state index is -0.806. The van der Waals surface area contributed by atoms with E-state index in [0.29, 0.717) is 11.8 Å². The predicted molar refractivity (Wildman–Crippen MR) is 74.1 cm³/mol. The number of esters is 1. The van der Waals surface area contributed by atoms with Crippen molar-refractivity contribution in [2.24, 2.45) is 23.5 Å². The summed E-state index contributed by atoms with van der Waals surface area (Å²) in [4.78, 5) is 12.4. The van der Waals surface area contributed by atoms with Crippen LogP contribution in [0.4, 0.5) is 0 Å². The third kappa shape index (κ3) is 3.47. The molecule has 18 heavy (non-hydrogen) atoms. The van der Waals surface area contributed by atoms with Gasteiger partial charge in [0.05, 0.1) is 0 Å². The molecular weight excluding hydrogens is 226 g/mol. The van der Waals surface area contributed by atoms with Crippen molar-refractivity contribution in [3.05, 3.63) is 0 Å². The van der Waals surface area contributed by atoms with Crippen LogP contribution in [0.1, 0.15) is 60.8 Å². The Balaban J connectivity index is 2.93. The SMILES string of the molecule is CC(C)[C@@H]1CC[C@@H](C)C[C@@]1(N)C(=O)OC(C)(C)C. The van der Waals surface area contributed by atoms with Crippen LogP contribution in [0.25, 0.3) is 0 Å². The molecule has 0 spiro atoms. The monoisotopic (exact) mass is 255 g/mol. The summed E-state index contributed by atoms with van der Waals surface area (Å²) in [6.07, 6.45) is 2.92. The normalized spacial score (nSPS) is 33.6. The van der Waals surface area contributed by atoms with Gasteiger partial charge >= 0.3 is 5.97 Å². The highest BCUT2D eigenvalue weighted by atomic mass is 16.6. The van der Waals surface area contributed by atoms with Crippen molar-refractivity contribution >= 4 is 5.97 Å². The molecule has 3 atom stereocenters. The maximum Gasteiger partial charge on any atom is 0.326 e. The summed E-state index contributed by atoms with van der Waals surface area (Å²) < 4.78 is 5.54. The Bertz CT molecular complexity index is 306. The van der Waals surface area contributed by atoms with E-state index in [1.165, 1.54) is 0 Å². The highest BCUT2D eigenvalue weighted by Crippen LogP contribution is 2.40. The van der Waals surface area contributed by atoms with Gasteiger partial charge < -0.3 is 10.5 Å². The van der Waals surface area contributed by atoms with E-state index >= 15 is 0 Å². The molecular formula is C15H29NO2. The van der Waals surface area contributed by atoms with Crippen molar-refractivity contribution < 1.29 is 9.53 Å². The molecule has 106 valence electrons. The zero-order valence-electron chi connectivity index (χ0n) is 12.7. The van der Waals surface area contributed by atoms with Crippen molar-refractivity contribution in [1.29, 1.82) is 0 Å². The summed E-state index contributed by atoms with van der Waals surface area (Å²) in [6, 6.07) is 0. The molecule has 0 amide bonds. The number of ether oxygens (including phenoxy) is 1. The first-order valence-electron chi connectivity index (χ1n) is 7.08. The second-order valence-electron chi connectivity index (χ2n) is 7.28. The molecule has 0 aromatic carbocycles. The Hall–Kier alpha value is -0.570. The van der Waals surface area contributed by atoms with E-state index in [2.05, 4.69) is 20.8 Å². The lowest BCUT2D eigenvalue weighted by atomic mass is 9.65. The second-order valence-corrected chi connectivity index (χ2v) is 7.28. The molecule has 3 heteroatoms. The van der Waals surface area contributed by atoms with E-state index in [4.69, 9.17) is 10.5 Å². The van der Waals surface area contributed by atoms with E-state index in [1.54, 1.807) is 0 Å². The average molecular weight is 255 g/mol. The fraction of sp³-hybridized carbons (Fsp3) is 0.933. The fourth-order valence-electron chi connectivity index (χ4n) is 3.09.